The number of phosphoric acid groups is 1. The molecule has 18 atom stereocenters. The number of carbonyl (C=O) groups excluding carboxylic acids is 2. The standard InChI is InChI=1S/C37H67NO13.Na.H3O4P/c1-14-25-37(10,45)30(41)20(4)27(39)18(2)16-35(8,44)32(51-34-28(40)24(38(11)12)15-19(3)47-34)21(5)29(22(6)33(43)49-25)50-26-17-36(9,46-13)31(42)23(7)48-26;;1-5(2,3)4/h18-26,28-32,34,40-42,44-45H,14-17H2,1-13H3;;(H3,1,2,3,4)/q;+1;/p-1/t18-,19+,20+,21+,22-,23+,24-,25-,26+,28+,29+,30-,31+,32-,34-,35-,36-,37-;;/m1../s1. The Morgan fingerprint density at radius 2 is 1.46 bits per heavy atom. The van der Waals surface area contributed by atoms with Crippen molar-refractivity contribution in [3.8, 4) is 0 Å². The van der Waals surface area contributed by atoms with Crippen molar-refractivity contribution in [1.29, 1.82) is 0 Å². The van der Waals surface area contributed by atoms with Gasteiger partial charge in [0.05, 0.1) is 47.6 Å². The van der Waals surface area contributed by atoms with Crippen LogP contribution in [0.2, 0.25) is 0 Å². The van der Waals surface area contributed by atoms with E-state index in [9.17, 15) is 35.1 Å². The fraction of sp³-hybridized carbons (Fsp3) is 0.946. The largest absolute Gasteiger partial charge is 1.00 e. The Morgan fingerprint density at radius 3 is 1.95 bits per heavy atom. The molecule has 0 aromatic carbocycles. The van der Waals surface area contributed by atoms with Crippen molar-refractivity contribution < 1.29 is 112 Å². The van der Waals surface area contributed by atoms with Crippen LogP contribution in [0.4, 0.5) is 0 Å². The first-order valence-electron chi connectivity index (χ1n) is 19.3. The van der Waals surface area contributed by atoms with Crippen molar-refractivity contribution in [2.24, 2.45) is 23.7 Å². The first-order valence-corrected chi connectivity index (χ1v) is 20.8. The molecule has 0 aromatic rings. The van der Waals surface area contributed by atoms with E-state index in [-0.39, 0.29) is 61.0 Å². The summed E-state index contributed by atoms with van der Waals surface area (Å²) in [6.45, 7) is 16.3. The number of ketones is 1. The second kappa shape index (κ2) is 21.7. The van der Waals surface area contributed by atoms with Gasteiger partial charge in [0.2, 0.25) is 0 Å². The van der Waals surface area contributed by atoms with Gasteiger partial charge >= 0.3 is 35.5 Å². The maximum atomic E-state index is 14.1. The number of aliphatic hydroxyl groups is 5. The Bertz CT molecular complexity index is 1330. The number of Topliss-reactive ketones (excluding diaryl/α,β-unsaturated/α-hetero) is 1. The summed E-state index contributed by atoms with van der Waals surface area (Å²) in [5, 5.41) is 57.6. The molecule has 3 saturated heterocycles. The molecule has 3 heterocycles. The third kappa shape index (κ3) is 14.2. The average molecular weight is 854 g/mol. The van der Waals surface area contributed by atoms with Gasteiger partial charge in [0.25, 0.3) is 7.82 Å². The molecule has 0 aromatic heterocycles. The van der Waals surface area contributed by atoms with Gasteiger partial charge in [0.15, 0.2) is 12.6 Å². The predicted molar refractivity (Wildman–Crippen MR) is 198 cm³/mol. The fourth-order valence-corrected chi connectivity index (χ4v) is 8.41. The van der Waals surface area contributed by atoms with Crippen molar-refractivity contribution in [2.75, 3.05) is 21.2 Å². The molecule has 0 amide bonds. The van der Waals surface area contributed by atoms with Crippen LogP contribution in [0.3, 0.4) is 0 Å². The number of esters is 1. The molecule has 0 radical (unpaired) electrons. The van der Waals surface area contributed by atoms with Gasteiger partial charge in [-0.1, -0.05) is 27.7 Å². The maximum Gasteiger partial charge on any atom is 1.00 e. The molecule has 3 aliphatic rings. The minimum absolute atomic E-state index is 0. The summed E-state index contributed by atoms with van der Waals surface area (Å²) in [6, 6.07) is -0.324. The van der Waals surface area contributed by atoms with E-state index in [2.05, 4.69) is 0 Å². The summed E-state index contributed by atoms with van der Waals surface area (Å²) in [7, 11) is 0.287. The molecule has 3 rings (SSSR count). The molecule has 0 saturated carbocycles. The van der Waals surface area contributed by atoms with Gasteiger partial charge in [-0.15, -0.1) is 0 Å². The Kier molecular flexibility index (Phi) is 20.9. The van der Waals surface area contributed by atoms with E-state index in [1.54, 1.807) is 41.5 Å². The van der Waals surface area contributed by atoms with Crippen LogP contribution in [-0.4, -0.2) is 157 Å². The fourth-order valence-electron chi connectivity index (χ4n) is 8.41. The van der Waals surface area contributed by atoms with Crippen LogP contribution in [0.1, 0.15) is 94.9 Å². The van der Waals surface area contributed by atoms with Gasteiger partial charge in [-0.3, -0.25) is 14.2 Å². The molecular weight excluding hydrogens is 784 g/mol. The zero-order valence-electron chi connectivity index (χ0n) is 36.1. The number of ether oxygens (including phenoxy) is 6. The normalized spacial score (nSPS) is 45.5. The smallest absolute Gasteiger partial charge is 0.756 e. The van der Waals surface area contributed by atoms with Crippen LogP contribution in [0.15, 0.2) is 0 Å². The first-order chi connectivity index (χ1) is 25.4. The third-order valence-electron chi connectivity index (χ3n) is 11.8. The third-order valence-corrected chi connectivity index (χ3v) is 11.8. The van der Waals surface area contributed by atoms with E-state index in [4.69, 9.17) is 47.7 Å². The van der Waals surface area contributed by atoms with Crippen molar-refractivity contribution in [2.45, 2.75) is 179 Å². The van der Waals surface area contributed by atoms with E-state index in [1.807, 2.05) is 25.9 Å². The number of rotatable bonds is 7. The van der Waals surface area contributed by atoms with E-state index in [0.29, 0.717) is 6.42 Å². The molecule has 3 fully saturated rings. The maximum absolute atomic E-state index is 14.1. The summed E-state index contributed by atoms with van der Waals surface area (Å²) >= 11 is 0. The topological polar surface area (TPSA) is 274 Å². The number of cyclic esters (lactones) is 1. The SMILES string of the molecule is CC[C@H]1OC(=O)[C@H](C)[C@@H](O[C@H]2C[C@@](C)(OC)[C@@H](O)[C@H](C)O2)[C@H](C)[C@@H](O[C@H]2O[C@@H](C)C[C@@H](N(C)C)[C@@H]2O)[C@](C)(O)C[C@@H](C)C(=O)[C@H](C)[C@@H](O)[C@]1(C)O.O=P([O-])(O)O.[Na+]. The van der Waals surface area contributed by atoms with E-state index in [1.165, 1.54) is 27.9 Å². The molecule has 0 bridgehead atoms. The molecule has 0 aliphatic carbocycles. The number of hydrogen-bond donors (Lipinski definition) is 7. The number of likely N-dealkylation sites (N-methyl/N-ethyl adjacent to an activating group) is 1. The minimum atomic E-state index is -4.89. The Morgan fingerprint density at radius 1 is 0.912 bits per heavy atom. The van der Waals surface area contributed by atoms with Crippen LogP contribution >= 0.6 is 7.82 Å². The Hall–Kier alpha value is -0.190. The Balaban J connectivity index is 0.00000254. The van der Waals surface area contributed by atoms with E-state index >= 15 is 0 Å². The first kappa shape index (κ1) is 54.8. The summed E-state index contributed by atoms with van der Waals surface area (Å²) in [6.07, 6.45) is -9.71. The van der Waals surface area contributed by atoms with Crippen LogP contribution in [0.5, 0.6) is 0 Å². The predicted octanol–water partition coefficient (Wildman–Crippen LogP) is -2.77. The number of carbonyl (C=O) groups is 2. The minimum Gasteiger partial charge on any atom is -0.756 e. The van der Waals surface area contributed by atoms with Crippen molar-refractivity contribution in [1.82, 2.24) is 4.90 Å². The van der Waals surface area contributed by atoms with Gasteiger partial charge in [0, 0.05) is 37.3 Å². The van der Waals surface area contributed by atoms with Crippen LogP contribution in [0.25, 0.3) is 0 Å². The molecule has 20 heteroatoms. The van der Waals surface area contributed by atoms with E-state index in [0.717, 1.165) is 0 Å². The van der Waals surface area contributed by atoms with E-state index < -0.39 is 115 Å². The molecular formula is C37H69NNaO17P. The number of hydrogen-bond acceptors (Lipinski definition) is 16. The molecule has 0 spiro atoms. The molecule has 7 N–H and O–H groups in total. The van der Waals surface area contributed by atoms with Crippen LogP contribution in [0, 0.1) is 23.7 Å². The quantitative estimate of drug-likeness (QED) is 0.0776. The molecule has 57 heavy (non-hydrogen) atoms. The molecule has 18 nitrogen and oxygen atoms in total. The van der Waals surface area contributed by atoms with Crippen molar-refractivity contribution >= 4 is 19.6 Å². The second-order valence-electron chi connectivity index (χ2n) is 17.0. The van der Waals surface area contributed by atoms with Gasteiger partial charge in [-0.2, -0.15) is 0 Å². The number of nitrogens with zero attached hydrogens (tertiary/aromatic N) is 1. The monoisotopic (exact) mass is 853 g/mol. The molecule has 330 valence electrons. The van der Waals surface area contributed by atoms with Gasteiger partial charge in [-0.25, -0.2) is 0 Å². The zero-order chi connectivity index (χ0) is 43.5. The summed E-state index contributed by atoms with van der Waals surface area (Å²) < 4.78 is 45.8. The zero-order valence-corrected chi connectivity index (χ0v) is 39.0. The summed E-state index contributed by atoms with van der Waals surface area (Å²) in [4.78, 5) is 52.7. The van der Waals surface area contributed by atoms with Crippen LogP contribution in [-0.2, 0) is 42.6 Å². The van der Waals surface area contributed by atoms with Crippen molar-refractivity contribution in [3.05, 3.63) is 0 Å². The summed E-state index contributed by atoms with van der Waals surface area (Å²) in [5.41, 5.74) is -4.84. The average Bonchev–Trinajstić information content (AvgIpc) is 3.08. The second-order valence-corrected chi connectivity index (χ2v) is 17.9. The van der Waals surface area contributed by atoms with Crippen LogP contribution < -0.4 is 34.5 Å². The number of aliphatic hydroxyl groups excluding tert-OH is 3. The van der Waals surface area contributed by atoms with Crippen molar-refractivity contribution in [3.63, 3.8) is 0 Å². The molecule has 0 unspecified atom stereocenters. The van der Waals surface area contributed by atoms with Gasteiger partial charge in [0.1, 0.15) is 29.7 Å². The van der Waals surface area contributed by atoms with Gasteiger partial charge in [-0.05, 0) is 74.9 Å². The molecule has 3 aliphatic heterocycles. The number of methoxy groups -OCH3 is 1. The summed E-state index contributed by atoms with van der Waals surface area (Å²) in [5.74, 6) is -4.98. The van der Waals surface area contributed by atoms with Gasteiger partial charge < -0.3 is 73.5 Å². The Labute approximate surface area is 359 Å².